The molecule has 4 aliphatic rings. The van der Waals surface area contributed by atoms with Crippen LogP contribution >= 0.6 is 11.8 Å². The number of carbonyl (C=O) groups excluding carboxylic acids is 2. The van der Waals surface area contributed by atoms with Crippen LogP contribution in [0.4, 0.5) is 9.18 Å². The highest BCUT2D eigenvalue weighted by molar-refractivity contribution is 8.00. The van der Waals surface area contributed by atoms with Crippen LogP contribution in [0.5, 0.6) is 0 Å². The molecule has 0 aliphatic heterocycles. The third-order valence-corrected chi connectivity index (χ3v) is 7.26. The minimum absolute atomic E-state index is 0.105. The zero-order valence-electron chi connectivity index (χ0n) is 15.0. The maximum Gasteiger partial charge on any atom is 0.321 e. The summed E-state index contributed by atoms with van der Waals surface area (Å²) in [7, 11) is 0. The van der Waals surface area contributed by atoms with Gasteiger partial charge >= 0.3 is 6.03 Å². The van der Waals surface area contributed by atoms with Crippen LogP contribution in [0.15, 0.2) is 29.2 Å². The van der Waals surface area contributed by atoms with Crippen molar-refractivity contribution in [3.63, 3.8) is 0 Å². The Kier molecular flexibility index (Phi) is 4.71. The monoisotopic (exact) mass is 376 g/mol. The van der Waals surface area contributed by atoms with Gasteiger partial charge in [0, 0.05) is 10.4 Å². The van der Waals surface area contributed by atoms with E-state index in [0.29, 0.717) is 0 Å². The number of amides is 3. The van der Waals surface area contributed by atoms with Gasteiger partial charge in [0.1, 0.15) is 5.82 Å². The maximum atomic E-state index is 13.0. The third kappa shape index (κ3) is 3.75. The average Bonchev–Trinajstić information content (AvgIpc) is 2.55. The van der Waals surface area contributed by atoms with Crippen molar-refractivity contribution in [3.05, 3.63) is 30.1 Å². The number of hydrogen-bond acceptors (Lipinski definition) is 3. The van der Waals surface area contributed by atoms with Crippen LogP contribution in [0, 0.1) is 23.6 Å². The van der Waals surface area contributed by atoms with Gasteiger partial charge in [-0.1, -0.05) is 0 Å². The number of nitrogens with one attached hydrogen (secondary N) is 2. The summed E-state index contributed by atoms with van der Waals surface area (Å²) in [6.45, 7) is 1.75. The number of urea groups is 1. The van der Waals surface area contributed by atoms with Gasteiger partial charge in [-0.2, -0.15) is 0 Å². The standard InChI is InChI=1S/C20H25FN2O2S/c1-12(26-17-4-2-16(21)3-5-17)18(24)22-19(25)23-20-9-13-6-14(10-20)8-15(7-13)11-20/h2-5,12-15H,6-11H2,1H3,(H2,22,23,24,25)/t12-,13?,14?,15?,20?/m0/s1. The fraction of sp³-hybridized carbons (Fsp3) is 0.600. The van der Waals surface area contributed by atoms with Gasteiger partial charge in [0.2, 0.25) is 5.91 Å². The predicted molar refractivity (Wildman–Crippen MR) is 99.3 cm³/mol. The summed E-state index contributed by atoms with van der Waals surface area (Å²) in [5.41, 5.74) is -0.105. The van der Waals surface area contributed by atoms with E-state index in [2.05, 4.69) is 10.6 Å². The van der Waals surface area contributed by atoms with Crippen LogP contribution in [-0.4, -0.2) is 22.7 Å². The Morgan fingerprint density at radius 1 is 1.08 bits per heavy atom. The number of hydrogen-bond donors (Lipinski definition) is 2. The molecule has 6 heteroatoms. The molecule has 1 aromatic rings. The topological polar surface area (TPSA) is 58.2 Å². The zero-order valence-corrected chi connectivity index (χ0v) is 15.8. The normalized spacial score (nSPS) is 32.9. The Labute approximate surface area is 157 Å². The molecular formula is C20H25FN2O2S. The van der Waals surface area contributed by atoms with Gasteiger partial charge in [0.05, 0.1) is 5.25 Å². The molecule has 4 aliphatic carbocycles. The Hall–Kier alpha value is -1.56. The quantitative estimate of drug-likeness (QED) is 0.778. The lowest BCUT2D eigenvalue weighted by Gasteiger charge is -2.56. The van der Waals surface area contributed by atoms with E-state index in [-0.39, 0.29) is 23.3 Å². The first-order valence-electron chi connectivity index (χ1n) is 9.46. The van der Waals surface area contributed by atoms with Crippen LogP contribution in [0.1, 0.15) is 45.4 Å². The van der Waals surface area contributed by atoms with E-state index in [1.807, 2.05) is 0 Å². The first-order valence-corrected chi connectivity index (χ1v) is 10.3. The number of carbonyl (C=O) groups is 2. The molecule has 1 aromatic carbocycles. The molecule has 1 atom stereocenters. The minimum Gasteiger partial charge on any atom is -0.332 e. The number of thioether (sulfide) groups is 1. The summed E-state index contributed by atoms with van der Waals surface area (Å²) >= 11 is 1.31. The number of imide groups is 1. The van der Waals surface area contributed by atoms with E-state index >= 15 is 0 Å². The number of rotatable bonds is 4. The predicted octanol–water partition coefficient (Wildman–Crippen LogP) is 4.10. The Balaban J connectivity index is 1.31. The van der Waals surface area contributed by atoms with Gasteiger partial charge in [-0.05, 0) is 87.5 Å². The average molecular weight is 376 g/mol. The molecule has 0 heterocycles. The van der Waals surface area contributed by atoms with Crippen molar-refractivity contribution in [1.29, 1.82) is 0 Å². The molecule has 4 bridgehead atoms. The lowest BCUT2D eigenvalue weighted by atomic mass is 9.53. The zero-order chi connectivity index (χ0) is 18.3. The van der Waals surface area contributed by atoms with E-state index in [1.54, 1.807) is 19.1 Å². The molecule has 26 heavy (non-hydrogen) atoms. The third-order valence-electron chi connectivity index (χ3n) is 6.15. The molecule has 0 saturated heterocycles. The van der Waals surface area contributed by atoms with Crippen molar-refractivity contribution in [2.24, 2.45) is 17.8 Å². The second kappa shape index (κ2) is 6.87. The molecule has 0 spiro atoms. The van der Waals surface area contributed by atoms with E-state index in [4.69, 9.17) is 0 Å². The van der Waals surface area contributed by atoms with Crippen LogP contribution in [0.25, 0.3) is 0 Å². The van der Waals surface area contributed by atoms with Crippen LogP contribution < -0.4 is 10.6 Å². The highest BCUT2D eigenvalue weighted by Gasteiger charge is 2.51. The second-order valence-electron chi connectivity index (χ2n) is 8.36. The van der Waals surface area contributed by atoms with Crippen molar-refractivity contribution in [3.8, 4) is 0 Å². The smallest absolute Gasteiger partial charge is 0.321 e. The molecule has 2 N–H and O–H groups in total. The molecule has 4 fully saturated rings. The van der Waals surface area contributed by atoms with Gasteiger partial charge in [0.25, 0.3) is 0 Å². The molecule has 0 radical (unpaired) electrons. The van der Waals surface area contributed by atoms with Crippen LogP contribution in [0.2, 0.25) is 0 Å². The lowest BCUT2D eigenvalue weighted by Crippen LogP contribution is -2.62. The van der Waals surface area contributed by atoms with E-state index in [0.717, 1.165) is 41.9 Å². The maximum absolute atomic E-state index is 13.0. The Bertz CT molecular complexity index is 671. The molecular weight excluding hydrogens is 351 g/mol. The van der Waals surface area contributed by atoms with Crippen LogP contribution in [0.3, 0.4) is 0 Å². The molecule has 140 valence electrons. The summed E-state index contributed by atoms with van der Waals surface area (Å²) in [6.07, 6.45) is 7.11. The van der Waals surface area contributed by atoms with Gasteiger partial charge in [0.15, 0.2) is 0 Å². The fourth-order valence-electron chi connectivity index (χ4n) is 5.52. The van der Waals surface area contributed by atoms with Crippen molar-refractivity contribution in [1.82, 2.24) is 10.6 Å². The van der Waals surface area contributed by atoms with Crippen LogP contribution in [-0.2, 0) is 4.79 Å². The first kappa shape index (κ1) is 17.8. The van der Waals surface area contributed by atoms with Gasteiger partial charge in [-0.25, -0.2) is 9.18 Å². The van der Waals surface area contributed by atoms with Crippen molar-refractivity contribution < 1.29 is 14.0 Å². The number of halogens is 1. The largest absolute Gasteiger partial charge is 0.332 e. The van der Waals surface area contributed by atoms with Crippen molar-refractivity contribution >= 4 is 23.7 Å². The van der Waals surface area contributed by atoms with Gasteiger partial charge in [-0.3, -0.25) is 10.1 Å². The lowest BCUT2D eigenvalue weighted by molar-refractivity contribution is -0.119. The fourth-order valence-corrected chi connectivity index (χ4v) is 6.39. The molecule has 0 unspecified atom stereocenters. The summed E-state index contributed by atoms with van der Waals surface area (Å²) < 4.78 is 13.0. The Morgan fingerprint density at radius 3 is 2.15 bits per heavy atom. The van der Waals surface area contributed by atoms with Gasteiger partial charge < -0.3 is 5.32 Å². The van der Waals surface area contributed by atoms with E-state index < -0.39 is 5.25 Å². The second-order valence-corrected chi connectivity index (χ2v) is 9.77. The highest BCUT2D eigenvalue weighted by Crippen LogP contribution is 2.55. The molecule has 5 rings (SSSR count). The Morgan fingerprint density at radius 2 is 1.62 bits per heavy atom. The SMILES string of the molecule is C[C@H](Sc1ccc(F)cc1)C(=O)NC(=O)NC12CC3CC(CC(C3)C1)C2. The summed E-state index contributed by atoms with van der Waals surface area (Å²) in [4.78, 5) is 25.6. The highest BCUT2D eigenvalue weighted by atomic mass is 32.2. The van der Waals surface area contributed by atoms with E-state index in [1.165, 1.54) is 43.2 Å². The van der Waals surface area contributed by atoms with Gasteiger partial charge in [-0.15, -0.1) is 11.8 Å². The summed E-state index contributed by atoms with van der Waals surface area (Å²) in [6, 6.07) is 5.64. The molecule has 4 nitrogen and oxygen atoms in total. The summed E-state index contributed by atoms with van der Waals surface area (Å²) in [5.74, 6) is 1.60. The first-order chi connectivity index (χ1) is 12.4. The molecule has 3 amide bonds. The van der Waals surface area contributed by atoms with Crippen molar-refractivity contribution in [2.75, 3.05) is 0 Å². The van der Waals surface area contributed by atoms with Crippen molar-refractivity contribution in [2.45, 2.75) is 61.1 Å². The minimum atomic E-state index is -0.428. The molecule has 0 aromatic heterocycles. The molecule has 4 saturated carbocycles. The van der Waals surface area contributed by atoms with E-state index in [9.17, 15) is 14.0 Å². The summed E-state index contributed by atoms with van der Waals surface area (Å²) in [5, 5.41) is 5.23. The number of benzene rings is 1.